The van der Waals surface area contributed by atoms with Crippen molar-refractivity contribution in [1.82, 2.24) is 9.62 Å². The molecule has 1 aromatic carbocycles. The lowest BCUT2D eigenvalue weighted by molar-refractivity contribution is -0.127. The van der Waals surface area contributed by atoms with Crippen LogP contribution in [-0.4, -0.2) is 49.4 Å². The summed E-state index contributed by atoms with van der Waals surface area (Å²) in [4.78, 5) is 25.2. The number of amides is 2. The quantitative estimate of drug-likeness (QED) is 0.755. The van der Waals surface area contributed by atoms with Crippen LogP contribution in [0.5, 0.6) is 0 Å². The summed E-state index contributed by atoms with van der Waals surface area (Å²) in [7, 11) is -3.65. The molecule has 2 aliphatic heterocycles. The van der Waals surface area contributed by atoms with Crippen LogP contribution in [-0.2, 0) is 19.6 Å². The first-order chi connectivity index (χ1) is 13.9. The summed E-state index contributed by atoms with van der Waals surface area (Å²) in [6.45, 7) is 0.673. The third-order valence-electron chi connectivity index (χ3n) is 6.00. The van der Waals surface area contributed by atoms with E-state index in [0.717, 1.165) is 17.7 Å². The smallest absolute Gasteiger partial charge is 0.243 e. The van der Waals surface area contributed by atoms with Crippen molar-refractivity contribution in [2.75, 3.05) is 24.2 Å². The molecule has 1 aromatic rings. The molecule has 9 heteroatoms. The van der Waals surface area contributed by atoms with Crippen molar-refractivity contribution in [2.45, 2.75) is 60.8 Å². The molecule has 7 nitrogen and oxygen atoms in total. The molecule has 0 atom stereocenters. The average molecular weight is 438 g/mol. The number of piperidine rings is 1. The molecule has 0 spiro atoms. The number of hydrogen-bond acceptors (Lipinski definition) is 5. The summed E-state index contributed by atoms with van der Waals surface area (Å²) >= 11 is 1.40. The largest absolute Gasteiger partial charge is 0.353 e. The van der Waals surface area contributed by atoms with E-state index in [-0.39, 0.29) is 28.7 Å². The van der Waals surface area contributed by atoms with Crippen LogP contribution >= 0.6 is 11.8 Å². The van der Waals surface area contributed by atoms with Crippen LogP contribution < -0.4 is 10.6 Å². The highest BCUT2D eigenvalue weighted by Crippen LogP contribution is 2.34. The lowest BCUT2D eigenvalue weighted by Crippen LogP contribution is -2.45. The summed E-state index contributed by atoms with van der Waals surface area (Å²) in [6.07, 6.45) is 6.75. The summed E-state index contributed by atoms with van der Waals surface area (Å²) in [6, 6.07) is 5.16. The van der Waals surface area contributed by atoms with Gasteiger partial charge in [0.2, 0.25) is 21.8 Å². The van der Waals surface area contributed by atoms with Gasteiger partial charge >= 0.3 is 0 Å². The molecule has 0 radical (unpaired) electrons. The Hall–Kier alpha value is -1.58. The number of sulfonamides is 1. The van der Waals surface area contributed by atoms with Crippen LogP contribution in [0.3, 0.4) is 0 Å². The fraction of sp³-hybridized carbons (Fsp3) is 0.600. The van der Waals surface area contributed by atoms with E-state index in [1.807, 2.05) is 0 Å². The summed E-state index contributed by atoms with van der Waals surface area (Å²) in [5, 5.41) is 5.90. The van der Waals surface area contributed by atoms with E-state index in [1.54, 1.807) is 12.1 Å². The fourth-order valence-electron chi connectivity index (χ4n) is 4.30. The second kappa shape index (κ2) is 8.65. The standard InChI is InChI=1S/C20H27N3O4S2/c24-19-13-28-18-7-6-16(12-17(18)22-19)29(26,27)23-10-8-14(9-11-23)20(25)21-15-4-2-1-3-5-15/h6-7,12,14-15H,1-5,8-11,13H2,(H,21,25)(H,22,24). The van der Waals surface area contributed by atoms with E-state index in [9.17, 15) is 18.0 Å². The van der Waals surface area contributed by atoms with Gasteiger partial charge in [0, 0.05) is 29.9 Å². The minimum absolute atomic E-state index is 0.0717. The van der Waals surface area contributed by atoms with Gasteiger partial charge in [-0.15, -0.1) is 11.8 Å². The minimum Gasteiger partial charge on any atom is -0.353 e. The van der Waals surface area contributed by atoms with Crippen molar-refractivity contribution in [1.29, 1.82) is 0 Å². The van der Waals surface area contributed by atoms with E-state index >= 15 is 0 Å². The highest BCUT2D eigenvalue weighted by molar-refractivity contribution is 8.00. The second-order valence-electron chi connectivity index (χ2n) is 8.02. The van der Waals surface area contributed by atoms with Crippen LogP contribution in [0.2, 0.25) is 0 Å². The number of benzene rings is 1. The number of rotatable bonds is 4. The molecule has 2 amide bonds. The fourth-order valence-corrected chi connectivity index (χ4v) is 6.58. The third-order valence-corrected chi connectivity index (χ3v) is 8.97. The summed E-state index contributed by atoms with van der Waals surface area (Å²) in [5.41, 5.74) is 0.550. The highest BCUT2D eigenvalue weighted by Gasteiger charge is 2.33. The average Bonchev–Trinajstić information content (AvgIpc) is 2.74. The maximum absolute atomic E-state index is 13.1. The maximum Gasteiger partial charge on any atom is 0.243 e. The second-order valence-corrected chi connectivity index (χ2v) is 11.0. The van der Waals surface area contributed by atoms with Crippen molar-refractivity contribution >= 4 is 39.3 Å². The molecule has 1 saturated carbocycles. The van der Waals surface area contributed by atoms with Gasteiger partial charge in [-0.3, -0.25) is 9.59 Å². The molecular weight excluding hydrogens is 410 g/mol. The SMILES string of the molecule is O=C1CSc2ccc(S(=O)(=O)N3CCC(C(=O)NC4CCCCC4)CC3)cc2N1. The molecule has 2 N–H and O–H groups in total. The van der Waals surface area contributed by atoms with Crippen molar-refractivity contribution in [2.24, 2.45) is 5.92 Å². The molecule has 29 heavy (non-hydrogen) atoms. The van der Waals surface area contributed by atoms with Gasteiger partial charge in [0.15, 0.2) is 0 Å². The molecule has 0 aromatic heterocycles. The summed E-state index contributed by atoms with van der Waals surface area (Å²) in [5.74, 6) is 0.169. The Morgan fingerprint density at radius 3 is 2.55 bits per heavy atom. The molecule has 0 bridgehead atoms. The Balaban J connectivity index is 1.38. The van der Waals surface area contributed by atoms with Crippen molar-refractivity contribution < 1.29 is 18.0 Å². The van der Waals surface area contributed by atoms with Crippen molar-refractivity contribution in [3.63, 3.8) is 0 Å². The van der Waals surface area contributed by atoms with Crippen LogP contribution in [0, 0.1) is 5.92 Å². The van der Waals surface area contributed by atoms with Gasteiger partial charge in [-0.2, -0.15) is 4.31 Å². The molecule has 1 saturated heterocycles. The number of carbonyl (C=O) groups excluding carboxylic acids is 2. The van der Waals surface area contributed by atoms with Crippen LogP contribution in [0.25, 0.3) is 0 Å². The Morgan fingerprint density at radius 1 is 1.10 bits per heavy atom. The molecule has 158 valence electrons. The summed E-state index contributed by atoms with van der Waals surface area (Å²) < 4.78 is 27.6. The van der Waals surface area contributed by atoms with E-state index < -0.39 is 10.0 Å². The van der Waals surface area contributed by atoms with Gasteiger partial charge in [0.05, 0.1) is 16.3 Å². The number of fused-ring (bicyclic) bond motifs is 1. The number of nitrogens with zero attached hydrogens (tertiary/aromatic N) is 1. The predicted octanol–water partition coefficient (Wildman–Crippen LogP) is 2.58. The number of anilines is 1. The predicted molar refractivity (Wildman–Crippen MR) is 112 cm³/mol. The van der Waals surface area contributed by atoms with Gasteiger partial charge in [0.1, 0.15) is 0 Å². The lowest BCUT2D eigenvalue weighted by atomic mass is 9.93. The van der Waals surface area contributed by atoms with Crippen LogP contribution in [0.15, 0.2) is 28.0 Å². The maximum atomic E-state index is 13.1. The first-order valence-electron chi connectivity index (χ1n) is 10.3. The molecule has 1 aliphatic carbocycles. The number of hydrogen-bond donors (Lipinski definition) is 2. The minimum atomic E-state index is -3.65. The first-order valence-corrected chi connectivity index (χ1v) is 12.7. The van der Waals surface area contributed by atoms with Gasteiger partial charge < -0.3 is 10.6 Å². The molecule has 2 fully saturated rings. The lowest BCUT2D eigenvalue weighted by Gasteiger charge is -2.32. The Bertz CT molecular complexity index is 889. The topological polar surface area (TPSA) is 95.6 Å². The zero-order chi connectivity index (χ0) is 20.4. The molecule has 4 rings (SSSR count). The van der Waals surface area contributed by atoms with Gasteiger partial charge in [-0.25, -0.2) is 8.42 Å². The zero-order valence-corrected chi connectivity index (χ0v) is 18.0. The van der Waals surface area contributed by atoms with Gasteiger partial charge in [0.25, 0.3) is 0 Å². The number of nitrogens with one attached hydrogen (secondary N) is 2. The van der Waals surface area contributed by atoms with Crippen LogP contribution in [0.1, 0.15) is 44.9 Å². The normalized spacial score (nSPS) is 22.0. The molecule has 0 unspecified atom stereocenters. The van der Waals surface area contributed by atoms with Gasteiger partial charge in [-0.05, 0) is 43.9 Å². The Morgan fingerprint density at radius 2 is 1.83 bits per heavy atom. The van der Waals surface area contributed by atoms with E-state index in [0.29, 0.717) is 37.4 Å². The molecular formula is C20H27N3O4S2. The zero-order valence-electron chi connectivity index (χ0n) is 16.4. The number of thioether (sulfide) groups is 1. The Kier molecular flexibility index (Phi) is 6.17. The van der Waals surface area contributed by atoms with Gasteiger partial charge in [-0.1, -0.05) is 19.3 Å². The van der Waals surface area contributed by atoms with Crippen molar-refractivity contribution in [3.05, 3.63) is 18.2 Å². The van der Waals surface area contributed by atoms with Crippen molar-refractivity contribution in [3.8, 4) is 0 Å². The molecule has 3 aliphatic rings. The van der Waals surface area contributed by atoms with E-state index in [1.165, 1.54) is 41.4 Å². The Labute approximate surface area is 176 Å². The van der Waals surface area contributed by atoms with Crippen LogP contribution in [0.4, 0.5) is 5.69 Å². The first kappa shape index (κ1) is 20.7. The monoisotopic (exact) mass is 437 g/mol. The molecule has 2 heterocycles. The number of carbonyl (C=O) groups is 2. The highest BCUT2D eigenvalue weighted by atomic mass is 32.2. The van der Waals surface area contributed by atoms with E-state index in [2.05, 4.69) is 10.6 Å². The van der Waals surface area contributed by atoms with E-state index in [4.69, 9.17) is 0 Å². The third kappa shape index (κ3) is 4.62.